The Balaban J connectivity index is 1.53. The van der Waals surface area contributed by atoms with Crippen LogP contribution in [0.1, 0.15) is 22.5 Å². The van der Waals surface area contributed by atoms with Crippen LogP contribution in [0.25, 0.3) is 0 Å². The number of amides is 1. The van der Waals surface area contributed by atoms with Crippen LogP contribution in [0, 0.1) is 0 Å². The third kappa shape index (κ3) is 4.13. The van der Waals surface area contributed by atoms with Crippen molar-refractivity contribution in [1.29, 1.82) is 0 Å². The number of H-pyrrole nitrogens is 1. The number of piperidine rings is 1. The van der Waals surface area contributed by atoms with Crippen molar-refractivity contribution >= 4 is 17.5 Å². The van der Waals surface area contributed by atoms with Crippen LogP contribution in [0.2, 0.25) is 5.02 Å². The number of carbonyl (C=O) groups excluding carboxylic acids is 1. The number of aliphatic hydroxyl groups excluding tert-OH is 1. The van der Waals surface area contributed by atoms with Crippen LogP contribution >= 0.6 is 11.6 Å². The van der Waals surface area contributed by atoms with E-state index in [1.807, 2.05) is 24.3 Å². The van der Waals surface area contributed by atoms with Crippen molar-refractivity contribution in [3.63, 3.8) is 0 Å². The maximum atomic E-state index is 12.0. The maximum absolute atomic E-state index is 12.0. The number of hydrogen-bond donors (Lipinski definition) is 3. The van der Waals surface area contributed by atoms with E-state index in [2.05, 4.69) is 15.2 Å². The molecule has 2 heterocycles. The minimum Gasteiger partial charge on any atom is -0.390 e. The first kappa shape index (κ1) is 16.1. The van der Waals surface area contributed by atoms with E-state index >= 15 is 0 Å². The second-order valence-electron chi connectivity index (χ2n) is 5.88. The van der Waals surface area contributed by atoms with Crippen LogP contribution in [-0.4, -0.2) is 46.1 Å². The number of benzene rings is 1. The summed E-state index contributed by atoms with van der Waals surface area (Å²) in [6.45, 7) is 2.14. The van der Waals surface area contributed by atoms with E-state index < -0.39 is 6.10 Å². The molecule has 6 heteroatoms. The number of carbonyl (C=O) groups is 1. The van der Waals surface area contributed by atoms with E-state index in [4.69, 9.17) is 11.6 Å². The highest BCUT2D eigenvalue weighted by Gasteiger charge is 2.29. The quantitative estimate of drug-likeness (QED) is 0.802. The Morgan fingerprint density at radius 2 is 2.13 bits per heavy atom. The van der Waals surface area contributed by atoms with Crippen molar-refractivity contribution in [2.75, 3.05) is 13.1 Å². The first-order valence-electron chi connectivity index (χ1n) is 7.71. The average Bonchev–Trinajstić information content (AvgIpc) is 3.07. The molecule has 1 saturated heterocycles. The van der Waals surface area contributed by atoms with E-state index in [-0.39, 0.29) is 11.9 Å². The standard InChI is InChI=1S/C17H20ClN3O2/c18-13-5-3-12(4-6-13)10-21-9-7-14(16(22)11-21)20-17(23)15-2-1-8-19-15/h1-6,8,14,16,19,22H,7,9-11H2,(H,20,23). The summed E-state index contributed by atoms with van der Waals surface area (Å²) in [5.41, 5.74) is 1.68. The predicted molar refractivity (Wildman–Crippen MR) is 89.4 cm³/mol. The number of halogens is 1. The highest BCUT2D eigenvalue weighted by Crippen LogP contribution is 2.16. The van der Waals surface area contributed by atoms with Gasteiger partial charge in [0.05, 0.1) is 12.1 Å². The highest BCUT2D eigenvalue weighted by molar-refractivity contribution is 6.30. The summed E-state index contributed by atoms with van der Waals surface area (Å²) in [6.07, 6.45) is 1.86. The Kier molecular flexibility index (Phi) is 5.00. The third-order valence-electron chi connectivity index (χ3n) is 4.14. The fourth-order valence-electron chi connectivity index (χ4n) is 2.87. The minimum absolute atomic E-state index is 0.176. The number of hydrogen-bond acceptors (Lipinski definition) is 3. The van der Waals surface area contributed by atoms with Gasteiger partial charge < -0.3 is 15.4 Å². The molecule has 1 aromatic carbocycles. The molecule has 1 aliphatic rings. The lowest BCUT2D eigenvalue weighted by atomic mass is 10.0. The molecule has 5 nitrogen and oxygen atoms in total. The van der Waals surface area contributed by atoms with Gasteiger partial charge in [0.2, 0.25) is 0 Å². The third-order valence-corrected chi connectivity index (χ3v) is 4.40. The van der Waals surface area contributed by atoms with Gasteiger partial charge in [-0.1, -0.05) is 23.7 Å². The van der Waals surface area contributed by atoms with Gasteiger partial charge in [-0.3, -0.25) is 9.69 Å². The molecular weight excluding hydrogens is 314 g/mol. The van der Waals surface area contributed by atoms with Crippen LogP contribution in [0.15, 0.2) is 42.6 Å². The minimum atomic E-state index is -0.574. The molecular formula is C17H20ClN3O2. The topological polar surface area (TPSA) is 68.4 Å². The summed E-state index contributed by atoms with van der Waals surface area (Å²) in [5.74, 6) is -0.176. The molecule has 0 bridgehead atoms. The second-order valence-corrected chi connectivity index (χ2v) is 6.32. The van der Waals surface area contributed by atoms with Gasteiger partial charge in [0.1, 0.15) is 5.69 Å². The first-order chi connectivity index (χ1) is 11.1. The van der Waals surface area contributed by atoms with E-state index in [0.717, 1.165) is 30.1 Å². The van der Waals surface area contributed by atoms with Gasteiger partial charge in [-0.15, -0.1) is 0 Å². The molecule has 122 valence electrons. The van der Waals surface area contributed by atoms with Gasteiger partial charge >= 0.3 is 0 Å². The largest absolute Gasteiger partial charge is 0.390 e. The summed E-state index contributed by atoms with van der Waals surface area (Å²) >= 11 is 5.89. The van der Waals surface area contributed by atoms with Crippen LogP contribution in [0.3, 0.4) is 0 Å². The maximum Gasteiger partial charge on any atom is 0.267 e. The van der Waals surface area contributed by atoms with Gasteiger partial charge in [-0.2, -0.15) is 0 Å². The summed E-state index contributed by atoms with van der Waals surface area (Å²) in [5, 5.41) is 13.9. The molecule has 3 N–H and O–H groups in total. The van der Waals surface area contributed by atoms with Crippen molar-refractivity contribution in [2.24, 2.45) is 0 Å². The smallest absolute Gasteiger partial charge is 0.267 e. The van der Waals surface area contributed by atoms with Gasteiger partial charge in [0.15, 0.2) is 0 Å². The van der Waals surface area contributed by atoms with E-state index in [9.17, 15) is 9.90 Å². The Morgan fingerprint density at radius 1 is 1.35 bits per heavy atom. The van der Waals surface area contributed by atoms with Crippen molar-refractivity contribution < 1.29 is 9.90 Å². The molecule has 1 aliphatic heterocycles. The van der Waals surface area contributed by atoms with Crippen LogP contribution < -0.4 is 5.32 Å². The number of aromatic amines is 1. The van der Waals surface area contributed by atoms with E-state index in [1.165, 1.54) is 0 Å². The molecule has 1 amide bonds. The SMILES string of the molecule is O=C(NC1CCN(Cc2ccc(Cl)cc2)CC1O)c1ccc[nH]1. The summed E-state index contributed by atoms with van der Waals surface area (Å²) in [4.78, 5) is 17.1. The molecule has 1 fully saturated rings. The first-order valence-corrected chi connectivity index (χ1v) is 8.09. The summed E-state index contributed by atoms with van der Waals surface area (Å²) < 4.78 is 0. The average molecular weight is 334 g/mol. The number of rotatable bonds is 4. The highest BCUT2D eigenvalue weighted by atomic mass is 35.5. The van der Waals surface area contributed by atoms with Crippen LogP contribution in [0.5, 0.6) is 0 Å². The second kappa shape index (κ2) is 7.17. The fraction of sp³-hybridized carbons (Fsp3) is 0.353. The van der Waals surface area contributed by atoms with Gasteiger partial charge in [0, 0.05) is 30.9 Å². The Bertz CT molecular complexity index is 642. The number of nitrogens with one attached hydrogen (secondary N) is 2. The van der Waals surface area contributed by atoms with Gasteiger partial charge in [0.25, 0.3) is 5.91 Å². The monoisotopic (exact) mass is 333 g/mol. The Hall–Kier alpha value is -1.82. The van der Waals surface area contributed by atoms with E-state index in [0.29, 0.717) is 12.2 Å². The lowest BCUT2D eigenvalue weighted by Gasteiger charge is -2.36. The molecule has 23 heavy (non-hydrogen) atoms. The molecule has 0 spiro atoms. The number of aromatic nitrogens is 1. The number of nitrogens with zero attached hydrogens (tertiary/aromatic N) is 1. The molecule has 2 aromatic rings. The van der Waals surface area contributed by atoms with Crippen molar-refractivity contribution in [1.82, 2.24) is 15.2 Å². The molecule has 1 aromatic heterocycles. The fourth-order valence-corrected chi connectivity index (χ4v) is 3.00. The van der Waals surface area contributed by atoms with Crippen LogP contribution in [0.4, 0.5) is 0 Å². The zero-order chi connectivity index (χ0) is 16.2. The summed E-state index contributed by atoms with van der Waals surface area (Å²) in [7, 11) is 0. The molecule has 2 unspecified atom stereocenters. The lowest BCUT2D eigenvalue weighted by Crippen LogP contribution is -2.53. The predicted octanol–water partition coefficient (Wildman–Crippen LogP) is 2.03. The number of aliphatic hydroxyl groups is 1. The molecule has 0 radical (unpaired) electrons. The normalized spacial score (nSPS) is 22.0. The number of likely N-dealkylation sites (tertiary alicyclic amines) is 1. The van der Waals surface area contributed by atoms with E-state index in [1.54, 1.807) is 18.3 Å². The molecule has 2 atom stereocenters. The zero-order valence-corrected chi connectivity index (χ0v) is 13.5. The van der Waals surface area contributed by atoms with Crippen molar-refractivity contribution in [2.45, 2.75) is 25.1 Å². The summed E-state index contributed by atoms with van der Waals surface area (Å²) in [6, 6.07) is 11.0. The molecule has 0 aliphatic carbocycles. The number of β-amino-alcohol motifs (C(OH)–C–C–N with tert-alkyl or cyclic N) is 1. The van der Waals surface area contributed by atoms with Crippen molar-refractivity contribution in [3.8, 4) is 0 Å². The molecule has 0 saturated carbocycles. The Labute approximate surface area is 140 Å². The van der Waals surface area contributed by atoms with Crippen molar-refractivity contribution in [3.05, 3.63) is 58.9 Å². The van der Waals surface area contributed by atoms with Gasteiger partial charge in [-0.05, 0) is 36.2 Å². The van der Waals surface area contributed by atoms with Crippen LogP contribution in [-0.2, 0) is 6.54 Å². The molecule has 3 rings (SSSR count). The lowest BCUT2D eigenvalue weighted by molar-refractivity contribution is 0.0348. The Morgan fingerprint density at radius 3 is 2.78 bits per heavy atom. The van der Waals surface area contributed by atoms with Gasteiger partial charge in [-0.25, -0.2) is 0 Å². The zero-order valence-electron chi connectivity index (χ0n) is 12.7.